The van der Waals surface area contributed by atoms with Gasteiger partial charge in [-0.3, -0.25) is 9.59 Å². The highest BCUT2D eigenvalue weighted by Gasteiger charge is 2.44. The second-order valence-corrected chi connectivity index (χ2v) is 8.49. The first kappa shape index (κ1) is 23.7. The van der Waals surface area contributed by atoms with Crippen molar-refractivity contribution in [3.63, 3.8) is 0 Å². The number of rotatable bonds is 9. The first-order valence-corrected chi connectivity index (χ1v) is 11.6. The monoisotopic (exact) mass is 483 g/mol. The van der Waals surface area contributed by atoms with Gasteiger partial charge in [-0.15, -0.1) is 0 Å². The van der Waals surface area contributed by atoms with E-state index < -0.39 is 23.5 Å². The second kappa shape index (κ2) is 9.81. The number of furan rings is 1. The van der Waals surface area contributed by atoms with Crippen LogP contribution >= 0.6 is 11.6 Å². The van der Waals surface area contributed by atoms with Gasteiger partial charge in [0.05, 0.1) is 25.3 Å². The lowest BCUT2D eigenvalue weighted by molar-refractivity contribution is -0.129. The molecule has 0 bridgehead atoms. The topological polar surface area (TPSA) is 89.2 Å². The van der Waals surface area contributed by atoms with Crippen molar-refractivity contribution < 1.29 is 28.6 Å². The van der Waals surface area contributed by atoms with E-state index in [2.05, 4.69) is 0 Å². The van der Waals surface area contributed by atoms with Crippen molar-refractivity contribution >= 4 is 34.3 Å². The number of carbonyl (C=O) groups is 2. The van der Waals surface area contributed by atoms with Crippen LogP contribution in [0.3, 0.4) is 0 Å². The fourth-order valence-corrected chi connectivity index (χ4v) is 4.40. The number of ketones is 1. The fourth-order valence-electron chi connectivity index (χ4n) is 4.18. The van der Waals surface area contributed by atoms with E-state index in [1.54, 1.807) is 24.3 Å². The first-order valence-electron chi connectivity index (χ1n) is 11.2. The van der Waals surface area contributed by atoms with Crippen LogP contribution in [0.15, 0.2) is 58.2 Å². The maximum atomic E-state index is 13.7. The third kappa shape index (κ3) is 4.23. The summed E-state index contributed by atoms with van der Waals surface area (Å²) in [6.07, 6.45) is 1.50. The fraction of sp³-hybridized carbons (Fsp3) is 0.308. The van der Waals surface area contributed by atoms with E-state index >= 15 is 0 Å². The minimum absolute atomic E-state index is 0.0216. The predicted octanol–water partition coefficient (Wildman–Crippen LogP) is 5.87. The summed E-state index contributed by atoms with van der Waals surface area (Å²) in [5.74, 6) is -0.757. The number of hydrogen-bond acceptors (Lipinski definition) is 6. The normalized spacial score (nSPS) is 15.9. The number of aliphatic hydroxyl groups excluding tert-OH is 1. The molecule has 1 unspecified atom stereocenters. The van der Waals surface area contributed by atoms with Crippen LogP contribution in [-0.2, 0) is 4.79 Å². The number of ether oxygens (including phenoxy) is 2. The summed E-state index contributed by atoms with van der Waals surface area (Å²) < 4.78 is 16.9. The minimum atomic E-state index is -0.774. The molecule has 0 spiro atoms. The second-order valence-electron chi connectivity index (χ2n) is 8.05. The molecule has 1 atom stereocenters. The molecule has 34 heavy (non-hydrogen) atoms. The van der Waals surface area contributed by atoms with Gasteiger partial charge in [0.2, 0.25) is 5.78 Å². The van der Waals surface area contributed by atoms with Gasteiger partial charge in [0.15, 0.2) is 22.9 Å². The smallest absolute Gasteiger partial charge is 0.290 e. The summed E-state index contributed by atoms with van der Waals surface area (Å²) in [6.45, 7) is 4.85. The van der Waals surface area contributed by atoms with E-state index in [0.29, 0.717) is 52.6 Å². The van der Waals surface area contributed by atoms with Crippen LogP contribution in [0.5, 0.6) is 11.5 Å². The van der Waals surface area contributed by atoms with Crippen LogP contribution < -0.4 is 9.47 Å². The van der Waals surface area contributed by atoms with Crippen molar-refractivity contribution in [3.05, 3.63) is 70.1 Å². The highest BCUT2D eigenvalue weighted by molar-refractivity contribution is 6.31. The van der Waals surface area contributed by atoms with Gasteiger partial charge < -0.3 is 23.9 Å². The summed E-state index contributed by atoms with van der Waals surface area (Å²) in [5, 5.41) is 11.8. The Labute approximate surface area is 202 Å². The standard InChI is InChI=1S/C26H26ClNO6/c1-4-9-28-22(15-7-6-8-18(12-15)33-10-5-2)21(24(30)26(28)31)23(29)19-13-16-11-17(27)14-20(32-3)25(16)34-19/h6-8,11-14,22,30H,4-5,9-10H2,1-3H3. The Morgan fingerprint density at radius 1 is 1.18 bits per heavy atom. The average Bonchev–Trinajstić information content (AvgIpc) is 3.37. The van der Waals surface area contributed by atoms with Crippen molar-refractivity contribution in [2.24, 2.45) is 0 Å². The summed E-state index contributed by atoms with van der Waals surface area (Å²) in [5.41, 5.74) is 0.992. The van der Waals surface area contributed by atoms with Crippen molar-refractivity contribution in [1.29, 1.82) is 0 Å². The van der Waals surface area contributed by atoms with E-state index in [9.17, 15) is 14.7 Å². The van der Waals surface area contributed by atoms with E-state index in [4.69, 9.17) is 25.5 Å². The van der Waals surface area contributed by atoms with Gasteiger partial charge in [0.1, 0.15) is 5.75 Å². The van der Waals surface area contributed by atoms with Crippen LogP contribution in [0.25, 0.3) is 11.0 Å². The van der Waals surface area contributed by atoms with Crippen molar-refractivity contribution in [3.8, 4) is 11.5 Å². The zero-order valence-corrected chi connectivity index (χ0v) is 20.0. The van der Waals surface area contributed by atoms with E-state index in [1.165, 1.54) is 18.1 Å². The van der Waals surface area contributed by atoms with Crippen LogP contribution in [0.1, 0.15) is 48.8 Å². The number of amides is 1. The molecular weight excluding hydrogens is 458 g/mol. The van der Waals surface area contributed by atoms with Gasteiger partial charge in [-0.2, -0.15) is 0 Å². The van der Waals surface area contributed by atoms with Gasteiger partial charge in [-0.05, 0) is 42.7 Å². The number of benzene rings is 2. The Bertz CT molecular complexity index is 1280. The van der Waals surface area contributed by atoms with Crippen LogP contribution in [-0.4, -0.2) is 42.0 Å². The number of methoxy groups -OCH3 is 1. The largest absolute Gasteiger partial charge is 0.503 e. The Morgan fingerprint density at radius 2 is 1.97 bits per heavy atom. The van der Waals surface area contributed by atoms with Gasteiger partial charge in [-0.25, -0.2) is 0 Å². The molecule has 1 amide bonds. The quantitative estimate of drug-likeness (QED) is 0.383. The number of nitrogens with zero attached hydrogens (tertiary/aromatic N) is 1. The molecule has 0 radical (unpaired) electrons. The van der Waals surface area contributed by atoms with Crippen molar-refractivity contribution in [1.82, 2.24) is 4.90 Å². The molecule has 8 heteroatoms. The minimum Gasteiger partial charge on any atom is -0.503 e. The molecule has 0 fully saturated rings. The zero-order valence-electron chi connectivity index (χ0n) is 19.3. The number of fused-ring (bicyclic) bond motifs is 1. The Morgan fingerprint density at radius 3 is 2.68 bits per heavy atom. The number of Topliss-reactive ketones (excluding diaryl/α,β-unsaturated/α-hetero) is 1. The SMILES string of the molecule is CCCOc1cccc(C2C(C(=O)c3cc4cc(Cl)cc(OC)c4o3)=C(O)C(=O)N2CCC)c1. The zero-order chi connectivity index (χ0) is 24.4. The van der Waals surface area contributed by atoms with E-state index in [1.807, 2.05) is 26.0 Å². The Kier molecular flexibility index (Phi) is 6.84. The lowest BCUT2D eigenvalue weighted by Gasteiger charge is -2.26. The third-order valence-corrected chi connectivity index (χ3v) is 5.87. The first-order chi connectivity index (χ1) is 16.4. The third-order valence-electron chi connectivity index (χ3n) is 5.65. The molecule has 1 aromatic heterocycles. The average molecular weight is 484 g/mol. The molecule has 1 aliphatic rings. The molecule has 0 saturated heterocycles. The molecular formula is C26H26ClNO6. The van der Waals surface area contributed by atoms with Gasteiger partial charge in [-0.1, -0.05) is 37.6 Å². The molecule has 0 saturated carbocycles. The lowest BCUT2D eigenvalue weighted by Crippen LogP contribution is -2.31. The summed E-state index contributed by atoms with van der Waals surface area (Å²) in [6, 6.07) is 11.2. The number of halogens is 1. The van der Waals surface area contributed by atoms with Crippen LogP contribution in [0.4, 0.5) is 0 Å². The summed E-state index contributed by atoms with van der Waals surface area (Å²) in [4.78, 5) is 28.1. The molecule has 1 N–H and O–H groups in total. The highest BCUT2D eigenvalue weighted by atomic mass is 35.5. The maximum Gasteiger partial charge on any atom is 0.290 e. The molecule has 0 aliphatic carbocycles. The number of aliphatic hydroxyl groups is 1. The lowest BCUT2D eigenvalue weighted by atomic mass is 9.94. The number of hydrogen-bond donors (Lipinski definition) is 1. The molecule has 1 aliphatic heterocycles. The molecule has 178 valence electrons. The summed E-state index contributed by atoms with van der Waals surface area (Å²) >= 11 is 6.15. The van der Waals surface area contributed by atoms with E-state index in [0.717, 1.165) is 6.42 Å². The molecule has 7 nitrogen and oxygen atoms in total. The summed E-state index contributed by atoms with van der Waals surface area (Å²) in [7, 11) is 1.48. The van der Waals surface area contributed by atoms with Gasteiger partial charge in [0, 0.05) is 23.0 Å². The van der Waals surface area contributed by atoms with E-state index in [-0.39, 0.29) is 11.3 Å². The highest BCUT2D eigenvalue weighted by Crippen LogP contribution is 2.41. The number of carbonyl (C=O) groups excluding carboxylic acids is 2. The maximum absolute atomic E-state index is 13.7. The van der Waals surface area contributed by atoms with Crippen molar-refractivity contribution in [2.75, 3.05) is 20.3 Å². The molecule has 2 heterocycles. The van der Waals surface area contributed by atoms with Crippen molar-refractivity contribution in [2.45, 2.75) is 32.7 Å². The van der Waals surface area contributed by atoms with Crippen LogP contribution in [0.2, 0.25) is 5.02 Å². The Hall–Kier alpha value is -3.45. The predicted molar refractivity (Wildman–Crippen MR) is 129 cm³/mol. The molecule has 3 aromatic rings. The van der Waals surface area contributed by atoms with Gasteiger partial charge >= 0.3 is 0 Å². The molecule has 2 aromatic carbocycles. The van der Waals surface area contributed by atoms with Gasteiger partial charge in [0.25, 0.3) is 5.91 Å². The molecule has 4 rings (SSSR count). The van der Waals surface area contributed by atoms with Crippen LogP contribution in [0, 0.1) is 0 Å². The Balaban J connectivity index is 1.80.